The van der Waals surface area contributed by atoms with E-state index in [1.54, 1.807) is 26.3 Å². The van der Waals surface area contributed by atoms with Crippen molar-refractivity contribution in [2.75, 3.05) is 27.3 Å². The average molecular weight is 328 g/mol. The Balaban J connectivity index is 2.72. The molecule has 0 heterocycles. The molecule has 6 heteroatoms. The van der Waals surface area contributed by atoms with Gasteiger partial charge in [-0.15, -0.1) is 0 Å². The highest BCUT2D eigenvalue weighted by Crippen LogP contribution is 2.16. The summed E-state index contributed by atoms with van der Waals surface area (Å²) in [5.74, 6) is 0.344. The Kier molecular flexibility index (Phi) is 7.48. The lowest BCUT2D eigenvalue weighted by atomic mass is 10.0. The summed E-state index contributed by atoms with van der Waals surface area (Å²) in [5, 5.41) is 0. The van der Waals surface area contributed by atoms with Crippen LogP contribution in [0.5, 0.6) is 0 Å². The normalized spacial score (nSPS) is 13.8. The highest BCUT2D eigenvalue weighted by Gasteiger charge is 2.21. The molecule has 1 rings (SSSR count). The van der Waals surface area contributed by atoms with Gasteiger partial charge in [-0.1, -0.05) is 26.0 Å². The van der Waals surface area contributed by atoms with Crippen LogP contribution in [-0.2, 0) is 21.2 Å². The van der Waals surface area contributed by atoms with Crippen molar-refractivity contribution in [3.63, 3.8) is 0 Å². The fourth-order valence-corrected chi connectivity index (χ4v) is 3.20. The van der Waals surface area contributed by atoms with Crippen molar-refractivity contribution in [2.45, 2.75) is 37.6 Å². The third-order valence-electron chi connectivity index (χ3n) is 3.86. The second kappa shape index (κ2) is 8.62. The van der Waals surface area contributed by atoms with Crippen molar-refractivity contribution < 1.29 is 13.2 Å². The van der Waals surface area contributed by atoms with E-state index < -0.39 is 10.0 Å². The molecule has 0 fully saturated rings. The van der Waals surface area contributed by atoms with Crippen LogP contribution in [-0.4, -0.2) is 46.1 Å². The lowest BCUT2D eigenvalue weighted by molar-refractivity contribution is 0.202. The number of nitrogens with zero attached hydrogens (tertiary/aromatic N) is 1. The predicted octanol–water partition coefficient (Wildman–Crippen LogP) is 1.87. The topological polar surface area (TPSA) is 72.6 Å². The van der Waals surface area contributed by atoms with Gasteiger partial charge in [0.05, 0.1) is 11.5 Å². The largest absolute Gasteiger partial charge is 0.384 e. The zero-order valence-corrected chi connectivity index (χ0v) is 14.8. The first-order chi connectivity index (χ1) is 10.3. The second-order valence-corrected chi connectivity index (χ2v) is 7.95. The van der Waals surface area contributed by atoms with Crippen LogP contribution in [0.3, 0.4) is 0 Å². The highest BCUT2D eigenvalue weighted by atomic mass is 32.2. The van der Waals surface area contributed by atoms with Crippen molar-refractivity contribution in [1.82, 2.24) is 4.31 Å². The molecule has 1 aromatic rings. The van der Waals surface area contributed by atoms with Crippen LogP contribution >= 0.6 is 0 Å². The Morgan fingerprint density at radius 2 is 1.82 bits per heavy atom. The lowest BCUT2D eigenvalue weighted by Gasteiger charge is -2.21. The van der Waals surface area contributed by atoms with Crippen molar-refractivity contribution >= 4 is 10.0 Å². The first-order valence-electron chi connectivity index (χ1n) is 7.58. The molecule has 5 nitrogen and oxygen atoms in total. The molecule has 0 aliphatic heterocycles. The molecular weight excluding hydrogens is 300 g/mol. The van der Waals surface area contributed by atoms with Crippen LogP contribution in [0.25, 0.3) is 0 Å². The summed E-state index contributed by atoms with van der Waals surface area (Å²) < 4.78 is 31.4. The number of methoxy groups -OCH3 is 1. The molecule has 0 bridgehead atoms. The molecule has 0 spiro atoms. The molecule has 0 saturated carbocycles. The van der Waals surface area contributed by atoms with Crippen LogP contribution in [0.15, 0.2) is 29.2 Å². The minimum absolute atomic E-state index is 0.00840. The van der Waals surface area contributed by atoms with Crippen molar-refractivity contribution in [2.24, 2.45) is 11.7 Å². The molecule has 0 aliphatic rings. The van der Waals surface area contributed by atoms with E-state index in [0.29, 0.717) is 30.4 Å². The third-order valence-corrected chi connectivity index (χ3v) is 5.73. The van der Waals surface area contributed by atoms with E-state index >= 15 is 0 Å². The Hall–Kier alpha value is -0.950. The van der Waals surface area contributed by atoms with Gasteiger partial charge in [-0.05, 0) is 36.5 Å². The van der Waals surface area contributed by atoms with E-state index in [1.165, 1.54) is 4.31 Å². The maximum Gasteiger partial charge on any atom is 0.242 e. The quantitative estimate of drug-likeness (QED) is 0.751. The Labute approximate surface area is 134 Å². The van der Waals surface area contributed by atoms with E-state index in [4.69, 9.17) is 10.5 Å². The van der Waals surface area contributed by atoms with E-state index in [1.807, 2.05) is 26.0 Å². The molecular formula is C16H28N2O3S. The van der Waals surface area contributed by atoms with Gasteiger partial charge < -0.3 is 10.5 Å². The molecule has 2 N–H and O–H groups in total. The summed E-state index contributed by atoms with van der Waals surface area (Å²) in [5.41, 5.74) is 7.04. The van der Waals surface area contributed by atoms with Crippen LogP contribution < -0.4 is 5.73 Å². The fraction of sp³-hybridized carbons (Fsp3) is 0.625. The van der Waals surface area contributed by atoms with Crippen molar-refractivity contribution in [3.05, 3.63) is 29.8 Å². The zero-order chi connectivity index (χ0) is 16.8. The van der Waals surface area contributed by atoms with E-state index in [0.717, 1.165) is 12.0 Å². The maximum absolute atomic E-state index is 12.5. The standard InChI is InChI=1S/C16H28N2O3S/c1-13(2)16(17)9-11-18(3)22(19,20)15-7-5-14(6-8-15)10-12-21-4/h5-8,13,16H,9-12,17H2,1-4H3. The maximum atomic E-state index is 12.5. The van der Waals surface area contributed by atoms with Crippen LogP contribution in [0.4, 0.5) is 0 Å². The minimum Gasteiger partial charge on any atom is -0.384 e. The van der Waals surface area contributed by atoms with Gasteiger partial charge in [0.25, 0.3) is 0 Å². The molecule has 1 aromatic carbocycles. The number of hydrogen-bond donors (Lipinski definition) is 1. The van der Waals surface area contributed by atoms with Gasteiger partial charge in [-0.3, -0.25) is 0 Å². The number of sulfonamides is 1. The second-order valence-electron chi connectivity index (χ2n) is 5.91. The molecule has 1 unspecified atom stereocenters. The Morgan fingerprint density at radius 3 is 2.32 bits per heavy atom. The number of benzene rings is 1. The summed E-state index contributed by atoms with van der Waals surface area (Å²) in [6, 6.07) is 6.98. The summed E-state index contributed by atoms with van der Waals surface area (Å²) in [6.45, 7) is 5.13. The third kappa shape index (κ3) is 5.35. The minimum atomic E-state index is -3.45. The fourth-order valence-electron chi connectivity index (χ4n) is 2.01. The number of nitrogens with two attached hydrogens (primary N) is 1. The summed E-state index contributed by atoms with van der Waals surface area (Å²) in [7, 11) is -0.204. The molecule has 0 radical (unpaired) electrons. The molecule has 126 valence electrons. The summed E-state index contributed by atoms with van der Waals surface area (Å²) in [4.78, 5) is 0.314. The number of rotatable bonds is 9. The first-order valence-corrected chi connectivity index (χ1v) is 9.02. The van der Waals surface area contributed by atoms with Gasteiger partial charge in [0.2, 0.25) is 10.0 Å². The van der Waals surface area contributed by atoms with E-state index in [9.17, 15) is 8.42 Å². The van der Waals surface area contributed by atoms with Gasteiger partial charge in [-0.2, -0.15) is 0 Å². The van der Waals surface area contributed by atoms with Crippen LogP contribution in [0.2, 0.25) is 0 Å². The number of hydrogen-bond acceptors (Lipinski definition) is 4. The number of ether oxygens (including phenoxy) is 1. The SMILES string of the molecule is COCCc1ccc(S(=O)(=O)N(C)CCC(N)C(C)C)cc1. The molecule has 0 saturated heterocycles. The monoisotopic (exact) mass is 328 g/mol. The van der Waals surface area contributed by atoms with Crippen LogP contribution in [0, 0.1) is 5.92 Å². The molecule has 0 amide bonds. The predicted molar refractivity (Wildman–Crippen MR) is 89.3 cm³/mol. The molecule has 22 heavy (non-hydrogen) atoms. The van der Waals surface area contributed by atoms with Gasteiger partial charge in [-0.25, -0.2) is 12.7 Å². The smallest absolute Gasteiger partial charge is 0.242 e. The van der Waals surface area contributed by atoms with Crippen LogP contribution in [0.1, 0.15) is 25.8 Å². The van der Waals surface area contributed by atoms with Gasteiger partial charge in [0.1, 0.15) is 0 Å². The lowest BCUT2D eigenvalue weighted by Crippen LogP contribution is -2.34. The van der Waals surface area contributed by atoms with Crippen molar-refractivity contribution in [1.29, 1.82) is 0 Å². The Morgan fingerprint density at radius 1 is 1.23 bits per heavy atom. The first kappa shape index (κ1) is 19.1. The summed E-state index contributed by atoms with van der Waals surface area (Å²) >= 11 is 0. The zero-order valence-electron chi connectivity index (χ0n) is 14.0. The van der Waals surface area contributed by atoms with Gasteiger partial charge in [0.15, 0.2) is 0 Å². The highest BCUT2D eigenvalue weighted by molar-refractivity contribution is 7.89. The average Bonchev–Trinajstić information content (AvgIpc) is 2.50. The van der Waals surface area contributed by atoms with E-state index in [-0.39, 0.29) is 6.04 Å². The Bertz CT molecular complexity index is 541. The van der Waals surface area contributed by atoms with E-state index in [2.05, 4.69) is 0 Å². The van der Waals surface area contributed by atoms with Gasteiger partial charge >= 0.3 is 0 Å². The van der Waals surface area contributed by atoms with Gasteiger partial charge in [0, 0.05) is 26.7 Å². The molecule has 0 aliphatic carbocycles. The summed E-state index contributed by atoms with van der Waals surface area (Å²) in [6.07, 6.45) is 1.43. The molecule has 1 atom stereocenters. The molecule has 0 aromatic heterocycles. The van der Waals surface area contributed by atoms with Crippen molar-refractivity contribution in [3.8, 4) is 0 Å².